The van der Waals surface area contributed by atoms with Crippen molar-refractivity contribution in [2.24, 2.45) is 0 Å². The highest BCUT2D eigenvalue weighted by atomic mass is 35.5. The van der Waals surface area contributed by atoms with Crippen LogP contribution >= 0.6 is 12.4 Å². The Morgan fingerprint density at radius 3 is 2.23 bits per heavy atom. The molecule has 8 nitrogen and oxygen atoms in total. The van der Waals surface area contributed by atoms with Gasteiger partial charge in [0.1, 0.15) is 17.1 Å². The maximum absolute atomic E-state index is 13.1. The highest BCUT2D eigenvalue weighted by Crippen LogP contribution is 2.29. The summed E-state index contributed by atoms with van der Waals surface area (Å²) in [5, 5.41) is 6.68. The number of amides is 1. The van der Waals surface area contributed by atoms with E-state index in [1.165, 1.54) is 0 Å². The van der Waals surface area contributed by atoms with Crippen molar-refractivity contribution in [2.45, 2.75) is 37.8 Å². The Labute approximate surface area is 235 Å². The predicted molar refractivity (Wildman–Crippen MR) is 157 cm³/mol. The van der Waals surface area contributed by atoms with E-state index in [4.69, 9.17) is 9.72 Å². The van der Waals surface area contributed by atoms with Crippen LogP contribution in [0.3, 0.4) is 0 Å². The average molecular weight is 545 g/mol. The number of rotatable bonds is 8. The fourth-order valence-electron chi connectivity index (χ4n) is 4.68. The van der Waals surface area contributed by atoms with Crippen LogP contribution in [0.1, 0.15) is 36.0 Å². The lowest BCUT2D eigenvalue weighted by molar-refractivity contribution is 0.0923. The summed E-state index contributed by atoms with van der Waals surface area (Å²) in [6.45, 7) is 0. The number of nitrogens with one attached hydrogen (secondary N) is 2. The van der Waals surface area contributed by atoms with Gasteiger partial charge in [0.15, 0.2) is 0 Å². The average Bonchev–Trinajstić information content (AvgIpc) is 2.95. The van der Waals surface area contributed by atoms with Crippen LogP contribution in [-0.4, -0.2) is 47.0 Å². The molecule has 2 aromatic heterocycles. The summed E-state index contributed by atoms with van der Waals surface area (Å²) >= 11 is 0. The highest BCUT2D eigenvalue weighted by Gasteiger charge is 2.25. The molecule has 1 aliphatic rings. The van der Waals surface area contributed by atoms with Gasteiger partial charge in [0, 0.05) is 44.1 Å². The molecule has 0 atom stereocenters. The normalized spacial score (nSPS) is 16.5. The fourth-order valence-corrected chi connectivity index (χ4v) is 4.68. The van der Waals surface area contributed by atoms with Crippen molar-refractivity contribution in [3.05, 3.63) is 90.8 Å². The van der Waals surface area contributed by atoms with Crippen molar-refractivity contribution in [3.63, 3.8) is 0 Å². The second-order valence-corrected chi connectivity index (χ2v) is 9.63. The van der Waals surface area contributed by atoms with Crippen LogP contribution in [-0.2, 0) is 0 Å². The molecule has 2 N–H and O–H groups in total. The van der Waals surface area contributed by atoms with Crippen LogP contribution in [0.15, 0.2) is 85.2 Å². The van der Waals surface area contributed by atoms with Crippen molar-refractivity contribution < 1.29 is 9.53 Å². The molecule has 0 saturated heterocycles. The first kappa shape index (κ1) is 27.9. The lowest BCUT2D eigenvalue weighted by atomic mass is 9.91. The Kier molecular flexibility index (Phi) is 9.33. The summed E-state index contributed by atoms with van der Waals surface area (Å²) in [6, 6.07) is 23.4. The van der Waals surface area contributed by atoms with Crippen molar-refractivity contribution in [3.8, 4) is 22.8 Å². The first-order valence-corrected chi connectivity index (χ1v) is 12.9. The predicted octanol–water partition coefficient (Wildman–Crippen LogP) is 5.97. The molecule has 1 aliphatic carbocycles. The minimum atomic E-state index is -0.170. The van der Waals surface area contributed by atoms with E-state index in [2.05, 4.69) is 32.7 Å². The van der Waals surface area contributed by atoms with E-state index in [-0.39, 0.29) is 30.4 Å². The molecular weight excluding hydrogens is 512 g/mol. The maximum atomic E-state index is 13.1. The van der Waals surface area contributed by atoms with Crippen molar-refractivity contribution >= 4 is 30.1 Å². The highest BCUT2D eigenvalue weighted by molar-refractivity contribution is 5.96. The third-order valence-electron chi connectivity index (χ3n) is 6.65. The molecule has 0 aliphatic heterocycles. The van der Waals surface area contributed by atoms with Crippen LogP contribution < -0.4 is 20.3 Å². The molecular formula is C30H33ClN6O2. The zero-order valence-electron chi connectivity index (χ0n) is 22.1. The number of hydrogen-bond donors (Lipinski definition) is 2. The van der Waals surface area contributed by atoms with E-state index in [0.717, 1.165) is 42.6 Å². The van der Waals surface area contributed by atoms with Crippen LogP contribution in [0.4, 0.5) is 11.8 Å². The summed E-state index contributed by atoms with van der Waals surface area (Å²) in [4.78, 5) is 28.8. The van der Waals surface area contributed by atoms with Crippen molar-refractivity contribution in [2.75, 3.05) is 24.3 Å². The number of ether oxygens (including phenoxy) is 1. The fraction of sp³-hybridized carbons (Fsp3) is 0.267. The third-order valence-corrected chi connectivity index (χ3v) is 6.65. The second kappa shape index (κ2) is 13.1. The Morgan fingerprint density at radius 2 is 1.54 bits per heavy atom. The van der Waals surface area contributed by atoms with Gasteiger partial charge in [-0.1, -0.05) is 48.5 Å². The molecule has 2 aromatic carbocycles. The smallest absolute Gasteiger partial charge is 0.257 e. The molecule has 2 heterocycles. The molecule has 9 heteroatoms. The number of halogens is 1. The second-order valence-electron chi connectivity index (χ2n) is 9.63. The molecule has 5 rings (SSSR count). The molecule has 4 aromatic rings. The number of nitrogens with zero attached hydrogens (tertiary/aromatic N) is 4. The molecule has 202 valence electrons. The largest absolute Gasteiger partial charge is 0.438 e. The SMILES string of the molecule is CN(C)c1nc(NC2CCC(NC(=O)c3cccnc3Oc3ccccc3)CC2)ncc1-c1ccccc1.Cl. The molecule has 1 fully saturated rings. The standard InChI is InChI=1S/C30H32N6O2.ClH/c1-36(2)27-26(21-10-5-3-6-11-21)20-32-30(35-27)34-23-17-15-22(16-18-23)33-28(37)25-14-9-19-31-29(25)38-24-12-7-4-8-13-24;/h3-14,19-20,22-23H,15-18H2,1-2H3,(H,33,37)(H,32,34,35);1H. The molecule has 0 bridgehead atoms. The van der Waals surface area contributed by atoms with Gasteiger partial charge < -0.3 is 20.3 Å². The van der Waals surface area contributed by atoms with Crippen LogP contribution in [0, 0.1) is 0 Å². The van der Waals surface area contributed by atoms with Gasteiger partial charge in [0.05, 0.1) is 0 Å². The van der Waals surface area contributed by atoms with E-state index in [9.17, 15) is 4.79 Å². The van der Waals surface area contributed by atoms with Gasteiger partial charge in [-0.3, -0.25) is 4.79 Å². The van der Waals surface area contributed by atoms with Crippen molar-refractivity contribution in [1.29, 1.82) is 0 Å². The number of carbonyl (C=O) groups excluding carboxylic acids is 1. The van der Waals surface area contributed by atoms with Gasteiger partial charge in [0.25, 0.3) is 5.91 Å². The zero-order valence-corrected chi connectivity index (χ0v) is 22.9. The third kappa shape index (κ3) is 7.03. The Bertz CT molecular complexity index is 1360. The van der Waals surface area contributed by atoms with Gasteiger partial charge in [-0.2, -0.15) is 4.98 Å². The van der Waals surface area contributed by atoms with Gasteiger partial charge in [0.2, 0.25) is 11.8 Å². The lowest BCUT2D eigenvalue weighted by Gasteiger charge is -2.30. The number of benzene rings is 2. The van der Waals surface area contributed by atoms with Crippen LogP contribution in [0.5, 0.6) is 11.6 Å². The molecule has 0 radical (unpaired) electrons. The number of aromatic nitrogens is 3. The van der Waals surface area contributed by atoms with Gasteiger partial charge in [-0.15, -0.1) is 12.4 Å². The quantitative estimate of drug-likeness (QED) is 0.282. The monoisotopic (exact) mass is 544 g/mol. The minimum Gasteiger partial charge on any atom is -0.438 e. The molecule has 0 spiro atoms. The summed E-state index contributed by atoms with van der Waals surface area (Å²) in [6.07, 6.45) is 7.05. The zero-order chi connectivity index (χ0) is 26.3. The summed E-state index contributed by atoms with van der Waals surface area (Å²) in [5.74, 6) is 2.28. The van der Waals surface area contributed by atoms with E-state index in [1.807, 2.05) is 73.7 Å². The van der Waals surface area contributed by atoms with Gasteiger partial charge in [-0.25, -0.2) is 9.97 Å². The first-order chi connectivity index (χ1) is 18.6. The van der Waals surface area contributed by atoms with E-state index < -0.39 is 0 Å². The number of carbonyl (C=O) groups is 1. The first-order valence-electron chi connectivity index (χ1n) is 12.9. The Morgan fingerprint density at radius 1 is 0.872 bits per heavy atom. The lowest BCUT2D eigenvalue weighted by Crippen LogP contribution is -2.40. The van der Waals surface area contributed by atoms with Gasteiger partial charge in [-0.05, 0) is 55.5 Å². The molecule has 1 amide bonds. The number of para-hydroxylation sites is 1. The number of anilines is 2. The summed E-state index contributed by atoms with van der Waals surface area (Å²) in [5.41, 5.74) is 2.52. The van der Waals surface area contributed by atoms with E-state index in [1.54, 1.807) is 18.3 Å². The Balaban J connectivity index is 0.00000353. The molecule has 1 saturated carbocycles. The van der Waals surface area contributed by atoms with Crippen LogP contribution in [0.25, 0.3) is 11.1 Å². The van der Waals surface area contributed by atoms with Crippen molar-refractivity contribution in [1.82, 2.24) is 20.3 Å². The van der Waals surface area contributed by atoms with Gasteiger partial charge >= 0.3 is 0 Å². The topological polar surface area (TPSA) is 92.3 Å². The van der Waals surface area contributed by atoms with Crippen LogP contribution in [0.2, 0.25) is 0 Å². The molecule has 0 unspecified atom stereocenters. The minimum absolute atomic E-state index is 0. The van der Waals surface area contributed by atoms with E-state index in [0.29, 0.717) is 23.1 Å². The van der Waals surface area contributed by atoms with E-state index >= 15 is 0 Å². The summed E-state index contributed by atoms with van der Waals surface area (Å²) in [7, 11) is 3.98. The Hall–Kier alpha value is -4.17. The maximum Gasteiger partial charge on any atom is 0.257 e. The number of hydrogen-bond acceptors (Lipinski definition) is 7. The molecule has 39 heavy (non-hydrogen) atoms. The number of pyridine rings is 1. The summed E-state index contributed by atoms with van der Waals surface area (Å²) < 4.78 is 5.87.